The first kappa shape index (κ1) is 19.4. The van der Waals surface area contributed by atoms with Gasteiger partial charge in [-0.1, -0.05) is 42.5 Å². The molecule has 2 heterocycles. The van der Waals surface area contributed by atoms with Crippen molar-refractivity contribution < 1.29 is 23.5 Å². The number of aromatic amines is 1. The van der Waals surface area contributed by atoms with E-state index in [1.807, 2.05) is 24.3 Å². The number of aromatic nitrogens is 1. The van der Waals surface area contributed by atoms with E-state index in [0.717, 1.165) is 16.5 Å². The molecule has 1 atom stereocenters. The number of ether oxygens (including phenoxy) is 1. The van der Waals surface area contributed by atoms with Gasteiger partial charge in [0, 0.05) is 33.8 Å². The average molecular weight is 401 g/mol. The molecule has 4 aromatic rings. The number of H-pyrrole nitrogens is 1. The number of hydrogen-bond acceptors (Lipinski definition) is 5. The van der Waals surface area contributed by atoms with Crippen LogP contribution < -0.4 is 0 Å². The van der Waals surface area contributed by atoms with Crippen LogP contribution in [0.1, 0.15) is 45.1 Å². The highest BCUT2D eigenvalue weighted by atomic mass is 16.6. The van der Waals surface area contributed by atoms with Crippen LogP contribution in [-0.2, 0) is 4.74 Å². The number of para-hydroxylation sites is 1. The largest absolute Gasteiger partial charge is 0.449 e. The maximum atomic E-state index is 12.7. The molecule has 6 nitrogen and oxygen atoms in total. The van der Waals surface area contributed by atoms with Gasteiger partial charge in [0.15, 0.2) is 11.9 Å². The number of fused-ring (bicyclic) bond motifs is 1. The van der Waals surface area contributed by atoms with Gasteiger partial charge < -0.3 is 14.1 Å². The molecule has 30 heavy (non-hydrogen) atoms. The van der Waals surface area contributed by atoms with Gasteiger partial charge in [-0.2, -0.15) is 0 Å². The fourth-order valence-electron chi connectivity index (χ4n) is 3.24. The van der Waals surface area contributed by atoms with Gasteiger partial charge >= 0.3 is 5.97 Å². The highest BCUT2D eigenvalue weighted by molar-refractivity contribution is 6.10. The minimum Gasteiger partial charge on any atom is -0.449 e. The van der Waals surface area contributed by atoms with Gasteiger partial charge in [0.2, 0.25) is 11.5 Å². The molecule has 0 saturated heterocycles. The molecule has 0 aliphatic rings. The second-order valence-electron chi connectivity index (χ2n) is 6.96. The van der Waals surface area contributed by atoms with E-state index in [1.54, 1.807) is 36.5 Å². The molecule has 2 aromatic carbocycles. The molecule has 0 saturated carbocycles. The van der Waals surface area contributed by atoms with Crippen molar-refractivity contribution in [2.75, 3.05) is 0 Å². The summed E-state index contributed by atoms with van der Waals surface area (Å²) < 4.78 is 10.9. The fourth-order valence-corrected chi connectivity index (χ4v) is 3.24. The number of benzene rings is 2. The molecule has 0 amide bonds. The van der Waals surface area contributed by atoms with Gasteiger partial charge in [-0.3, -0.25) is 9.59 Å². The maximum Gasteiger partial charge on any atom is 0.374 e. The smallest absolute Gasteiger partial charge is 0.374 e. The van der Waals surface area contributed by atoms with E-state index >= 15 is 0 Å². The maximum absolute atomic E-state index is 12.7. The summed E-state index contributed by atoms with van der Waals surface area (Å²) >= 11 is 0. The SMILES string of the molecule is CC(=O)c1ccc(-c2ccc(C(=O)O[C@H](C)C(=O)c3c[nH]c4ccccc34)o2)cc1. The number of esters is 1. The summed E-state index contributed by atoms with van der Waals surface area (Å²) in [6.07, 6.45) is 0.646. The number of hydrogen-bond donors (Lipinski definition) is 1. The number of furan rings is 1. The molecule has 0 spiro atoms. The van der Waals surface area contributed by atoms with Gasteiger partial charge in [-0.05, 0) is 32.0 Å². The third-order valence-electron chi connectivity index (χ3n) is 4.89. The Kier molecular flexibility index (Phi) is 5.06. The van der Waals surface area contributed by atoms with Crippen molar-refractivity contribution in [2.24, 2.45) is 0 Å². The highest BCUT2D eigenvalue weighted by Gasteiger charge is 2.24. The van der Waals surface area contributed by atoms with Crippen LogP contribution in [0.2, 0.25) is 0 Å². The van der Waals surface area contributed by atoms with Crippen molar-refractivity contribution in [1.29, 1.82) is 0 Å². The lowest BCUT2D eigenvalue weighted by Crippen LogP contribution is -2.24. The van der Waals surface area contributed by atoms with Crippen molar-refractivity contribution in [3.8, 4) is 11.3 Å². The van der Waals surface area contributed by atoms with E-state index in [-0.39, 0.29) is 17.3 Å². The highest BCUT2D eigenvalue weighted by Crippen LogP contribution is 2.24. The molecular formula is C24H19NO5. The zero-order chi connectivity index (χ0) is 21.3. The van der Waals surface area contributed by atoms with Crippen LogP contribution in [-0.4, -0.2) is 28.6 Å². The van der Waals surface area contributed by atoms with Crippen molar-refractivity contribution in [2.45, 2.75) is 20.0 Å². The van der Waals surface area contributed by atoms with E-state index in [2.05, 4.69) is 4.98 Å². The van der Waals surface area contributed by atoms with Gasteiger partial charge in [0.25, 0.3) is 0 Å². The Balaban J connectivity index is 1.47. The quantitative estimate of drug-likeness (QED) is 0.360. The number of carbonyl (C=O) groups excluding carboxylic acids is 3. The summed E-state index contributed by atoms with van der Waals surface area (Å²) in [5.74, 6) is -0.583. The number of Topliss-reactive ketones (excluding diaryl/α,β-unsaturated/α-hetero) is 2. The minimum absolute atomic E-state index is 0.000721. The Hall–Kier alpha value is -3.93. The second kappa shape index (κ2) is 7.83. The average Bonchev–Trinajstić information content (AvgIpc) is 3.41. The van der Waals surface area contributed by atoms with E-state index in [0.29, 0.717) is 16.9 Å². The van der Waals surface area contributed by atoms with Gasteiger partial charge in [-0.15, -0.1) is 0 Å². The van der Waals surface area contributed by atoms with Crippen molar-refractivity contribution >= 4 is 28.4 Å². The second-order valence-corrected chi connectivity index (χ2v) is 6.96. The van der Waals surface area contributed by atoms with Crippen LogP contribution in [0.4, 0.5) is 0 Å². The Bertz CT molecular complexity index is 1250. The lowest BCUT2D eigenvalue weighted by atomic mass is 10.1. The molecular weight excluding hydrogens is 382 g/mol. The van der Waals surface area contributed by atoms with Crippen LogP contribution in [0.25, 0.3) is 22.2 Å². The number of carbonyl (C=O) groups is 3. The Labute approximate surface area is 172 Å². The van der Waals surface area contributed by atoms with E-state index in [4.69, 9.17) is 9.15 Å². The van der Waals surface area contributed by atoms with Crippen LogP contribution in [0.15, 0.2) is 71.3 Å². The van der Waals surface area contributed by atoms with Crippen molar-refractivity contribution in [1.82, 2.24) is 4.98 Å². The van der Waals surface area contributed by atoms with Crippen molar-refractivity contribution in [3.63, 3.8) is 0 Å². The molecule has 0 unspecified atom stereocenters. The van der Waals surface area contributed by atoms with E-state index < -0.39 is 12.1 Å². The predicted octanol–water partition coefficient (Wildman–Crippen LogP) is 5.06. The molecule has 4 rings (SSSR count). The molecule has 0 aliphatic carbocycles. The predicted molar refractivity (Wildman–Crippen MR) is 112 cm³/mol. The summed E-state index contributed by atoms with van der Waals surface area (Å²) in [6.45, 7) is 3.03. The standard InChI is InChI=1S/C24H19NO5/c1-14(26)16-7-9-17(10-8-16)21-11-12-22(30-21)24(28)29-15(2)23(27)19-13-25-20-6-4-3-5-18(19)20/h3-13,15,25H,1-2H3/t15-/m1/s1. The molecule has 0 radical (unpaired) electrons. The third-order valence-corrected chi connectivity index (χ3v) is 4.89. The van der Waals surface area contributed by atoms with Crippen LogP contribution in [0.3, 0.4) is 0 Å². The van der Waals surface area contributed by atoms with Crippen molar-refractivity contribution in [3.05, 3.63) is 83.7 Å². The summed E-state index contributed by atoms with van der Waals surface area (Å²) in [5.41, 5.74) is 2.62. The summed E-state index contributed by atoms with van der Waals surface area (Å²) in [7, 11) is 0. The number of nitrogens with one attached hydrogen (secondary N) is 1. The topological polar surface area (TPSA) is 89.4 Å². The monoisotopic (exact) mass is 401 g/mol. The number of ketones is 2. The summed E-state index contributed by atoms with van der Waals surface area (Å²) in [6, 6.07) is 17.4. The third kappa shape index (κ3) is 3.67. The van der Waals surface area contributed by atoms with Gasteiger partial charge in [-0.25, -0.2) is 4.79 Å². The molecule has 0 fully saturated rings. The fraction of sp³-hybridized carbons (Fsp3) is 0.125. The molecule has 2 aromatic heterocycles. The zero-order valence-corrected chi connectivity index (χ0v) is 16.5. The molecule has 6 heteroatoms. The summed E-state index contributed by atoms with van der Waals surface area (Å²) in [4.78, 5) is 39.6. The van der Waals surface area contributed by atoms with Crippen LogP contribution >= 0.6 is 0 Å². The lowest BCUT2D eigenvalue weighted by molar-refractivity contribution is 0.0290. The number of rotatable bonds is 6. The molecule has 0 bridgehead atoms. The Morgan fingerprint density at radius 3 is 2.43 bits per heavy atom. The summed E-state index contributed by atoms with van der Waals surface area (Å²) in [5, 5.41) is 0.777. The molecule has 1 N–H and O–H groups in total. The first-order valence-corrected chi connectivity index (χ1v) is 9.46. The van der Waals surface area contributed by atoms with Gasteiger partial charge in [0.1, 0.15) is 5.76 Å². The van der Waals surface area contributed by atoms with Gasteiger partial charge in [0.05, 0.1) is 0 Å². The first-order chi connectivity index (χ1) is 14.4. The Morgan fingerprint density at radius 2 is 1.70 bits per heavy atom. The van der Waals surface area contributed by atoms with Crippen LogP contribution in [0, 0.1) is 0 Å². The van der Waals surface area contributed by atoms with Crippen LogP contribution in [0.5, 0.6) is 0 Å². The zero-order valence-electron chi connectivity index (χ0n) is 16.5. The molecule has 0 aliphatic heterocycles. The first-order valence-electron chi connectivity index (χ1n) is 9.46. The minimum atomic E-state index is -0.972. The molecule has 150 valence electrons. The van der Waals surface area contributed by atoms with E-state index in [9.17, 15) is 14.4 Å². The van der Waals surface area contributed by atoms with E-state index in [1.165, 1.54) is 19.9 Å². The lowest BCUT2D eigenvalue weighted by Gasteiger charge is -2.10. The normalized spacial score (nSPS) is 11.9. The Morgan fingerprint density at radius 1 is 0.967 bits per heavy atom.